The first kappa shape index (κ1) is 21.2. The Balaban J connectivity index is 1.58. The Morgan fingerprint density at radius 3 is 2.73 bits per heavy atom. The van der Waals surface area contributed by atoms with E-state index >= 15 is 0 Å². The summed E-state index contributed by atoms with van der Waals surface area (Å²) in [5.41, 5.74) is 2.96. The topological polar surface area (TPSA) is 75.9 Å². The average molecular weight is 445 g/mol. The van der Waals surface area contributed by atoms with E-state index in [2.05, 4.69) is 20.6 Å². The summed E-state index contributed by atoms with van der Waals surface area (Å²) >= 11 is 0. The van der Waals surface area contributed by atoms with Gasteiger partial charge in [-0.15, -0.1) is 5.10 Å². The van der Waals surface area contributed by atoms with Gasteiger partial charge in [0.15, 0.2) is 0 Å². The lowest BCUT2D eigenvalue weighted by Gasteiger charge is -2.35. The third kappa shape index (κ3) is 4.09. The fourth-order valence-corrected chi connectivity index (χ4v) is 4.53. The van der Waals surface area contributed by atoms with Gasteiger partial charge in [-0.1, -0.05) is 17.3 Å². The lowest BCUT2D eigenvalue weighted by Crippen LogP contribution is -2.49. The first-order valence-corrected chi connectivity index (χ1v) is 11.1. The van der Waals surface area contributed by atoms with Gasteiger partial charge in [0.1, 0.15) is 17.3 Å². The molecule has 5 rings (SSSR count). The van der Waals surface area contributed by atoms with E-state index in [1.807, 2.05) is 44.4 Å². The summed E-state index contributed by atoms with van der Waals surface area (Å²) in [7, 11) is 1.81. The van der Waals surface area contributed by atoms with E-state index in [9.17, 15) is 9.18 Å². The van der Waals surface area contributed by atoms with Crippen molar-refractivity contribution in [2.45, 2.75) is 25.8 Å². The number of piperidine rings is 1. The molecule has 1 aliphatic rings. The van der Waals surface area contributed by atoms with E-state index in [1.54, 1.807) is 21.8 Å². The van der Waals surface area contributed by atoms with Crippen molar-refractivity contribution >= 4 is 22.5 Å². The zero-order valence-corrected chi connectivity index (χ0v) is 18.6. The fraction of sp³-hybridized carbons (Fsp3) is 0.280. The largest absolute Gasteiger partial charge is 0.315 e. The molecular formula is C25H25FN6O. The number of rotatable bonds is 4. The summed E-state index contributed by atoms with van der Waals surface area (Å²) in [6, 6.07) is 12.1. The normalized spacial score (nSPS) is 16.2. The molecule has 8 heteroatoms. The second-order valence-electron chi connectivity index (χ2n) is 8.49. The van der Waals surface area contributed by atoms with Gasteiger partial charge in [-0.2, -0.15) is 0 Å². The summed E-state index contributed by atoms with van der Waals surface area (Å²) in [4.78, 5) is 20.3. The maximum atomic E-state index is 14.1. The van der Waals surface area contributed by atoms with Crippen LogP contribution in [0, 0.1) is 12.7 Å². The number of pyridine rings is 1. The predicted octanol–water partition coefficient (Wildman–Crippen LogP) is 3.88. The minimum atomic E-state index is -0.297. The highest BCUT2D eigenvalue weighted by molar-refractivity contribution is 6.11. The number of amides is 1. The number of hydrogen-bond donors (Lipinski definition) is 1. The highest BCUT2D eigenvalue weighted by atomic mass is 19.1. The third-order valence-electron chi connectivity index (χ3n) is 6.12. The van der Waals surface area contributed by atoms with Crippen LogP contribution in [0.3, 0.4) is 0 Å². The molecular weight excluding hydrogens is 419 g/mol. The van der Waals surface area contributed by atoms with Crippen LogP contribution in [0.1, 0.15) is 28.8 Å². The molecule has 3 heterocycles. The molecule has 0 bridgehead atoms. The molecule has 0 radical (unpaired) electrons. The van der Waals surface area contributed by atoms with Crippen LogP contribution in [0.5, 0.6) is 0 Å². The van der Waals surface area contributed by atoms with Crippen molar-refractivity contribution in [3.63, 3.8) is 0 Å². The number of halogens is 1. The van der Waals surface area contributed by atoms with Crippen LogP contribution in [-0.2, 0) is 7.05 Å². The second kappa shape index (κ2) is 8.71. The standard InChI is InChI=1S/C25H25FN6O/c1-16-12-20(26)13-19-9-11-28-24(23(16)19)32(21-4-3-10-27-14-21)25(33)18-7-5-17(6-8-18)22-15-31(2)30-29-22/h5-9,11-13,15,21,27H,3-4,10,14H2,1-2H3/t21-/m1/s1. The zero-order valence-electron chi connectivity index (χ0n) is 18.6. The molecule has 0 aliphatic carbocycles. The molecule has 1 aliphatic heterocycles. The van der Waals surface area contributed by atoms with Gasteiger partial charge in [-0.05, 0) is 67.6 Å². The Morgan fingerprint density at radius 2 is 2.03 bits per heavy atom. The van der Waals surface area contributed by atoms with Crippen LogP contribution in [0.2, 0.25) is 0 Å². The number of aromatic nitrogens is 4. The first-order valence-electron chi connectivity index (χ1n) is 11.1. The summed E-state index contributed by atoms with van der Waals surface area (Å²) in [5, 5.41) is 13.0. The van der Waals surface area contributed by atoms with E-state index < -0.39 is 0 Å². The Hall–Kier alpha value is -3.65. The Morgan fingerprint density at radius 1 is 1.21 bits per heavy atom. The predicted molar refractivity (Wildman–Crippen MR) is 126 cm³/mol. The summed E-state index contributed by atoms with van der Waals surface area (Å²) in [5.74, 6) is 0.147. The minimum Gasteiger partial charge on any atom is -0.315 e. The summed E-state index contributed by atoms with van der Waals surface area (Å²) in [6.07, 6.45) is 5.32. The zero-order chi connectivity index (χ0) is 22.9. The maximum absolute atomic E-state index is 14.1. The lowest BCUT2D eigenvalue weighted by atomic mass is 10.0. The number of nitrogens with one attached hydrogen (secondary N) is 1. The highest BCUT2D eigenvalue weighted by Crippen LogP contribution is 2.32. The van der Waals surface area contributed by atoms with E-state index in [0.717, 1.165) is 47.0 Å². The van der Waals surface area contributed by atoms with Crippen molar-refractivity contribution in [2.24, 2.45) is 7.05 Å². The van der Waals surface area contributed by atoms with Gasteiger partial charge in [0.25, 0.3) is 5.91 Å². The molecule has 1 N–H and O–H groups in total. The van der Waals surface area contributed by atoms with E-state index in [-0.39, 0.29) is 17.8 Å². The fourth-order valence-electron chi connectivity index (χ4n) is 4.53. The van der Waals surface area contributed by atoms with Crippen LogP contribution in [0.15, 0.2) is 54.9 Å². The number of carbonyl (C=O) groups excluding carboxylic acids is 1. The molecule has 4 aromatic rings. The van der Waals surface area contributed by atoms with Crippen molar-refractivity contribution < 1.29 is 9.18 Å². The molecule has 1 amide bonds. The Kier molecular flexibility index (Phi) is 5.60. The van der Waals surface area contributed by atoms with Crippen LogP contribution in [0.25, 0.3) is 22.0 Å². The SMILES string of the molecule is Cc1cc(F)cc2ccnc(N(C(=O)c3ccc(-c4cn(C)nn4)cc3)[C@@H]3CCCNC3)c12. The number of nitrogens with zero attached hydrogens (tertiary/aromatic N) is 5. The third-order valence-corrected chi connectivity index (χ3v) is 6.12. The minimum absolute atomic E-state index is 0.0477. The van der Waals surface area contributed by atoms with Gasteiger partial charge >= 0.3 is 0 Å². The quantitative estimate of drug-likeness (QED) is 0.517. The molecule has 7 nitrogen and oxygen atoms in total. The van der Waals surface area contributed by atoms with Crippen molar-refractivity contribution in [1.29, 1.82) is 0 Å². The molecule has 1 atom stereocenters. The van der Waals surface area contributed by atoms with Gasteiger partial charge in [0.05, 0.1) is 12.2 Å². The number of anilines is 1. The van der Waals surface area contributed by atoms with E-state index in [4.69, 9.17) is 0 Å². The molecule has 1 fully saturated rings. The molecule has 2 aromatic carbocycles. The molecule has 0 unspecified atom stereocenters. The molecule has 0 spiro atoms. The number of aryl methyl sites for hydroxylation is 2. The van der Waals surface area contributed by atoms with Crippen LogP contribution >= 0.6 is 0 Å². The Labute approximate surface area is 191 Å². The van der Waals surface area contributed by atoms with Crippen LogP contribution < -0.4 is 10.2 Å². The number of benzene rings is 2. The van der Waals surface area contributed by atoms with Gasteiger partial charge in [-0.25, -0.2) is 9.37 Å². The van der Waals surface area contributed by atoms with E-state index in [0.29, 0.717) is 17.9 Å². The van der Waals surface area contributed by atoms with Crippen LogP contribution in [0.4, 0.5) is 10.2 Å². The average Bonchev–Trinajstić information content (AvgIpc) is 3.26. The lowest BCUT2D eigenvalue weighted by molar-refractivity contribution is 0.0972. The van der Waals surface area contributed by atoms with Gasteiger partial charge in [0, 0.05) is 36.3 Å². The number of carbonyl (C=O) groups is 1. The first-order chi connectivity index (χ1) is 16.0. The molecule has 168 valence electrons. The van der Waals surface area contributed by atoms with Gasteiger partial charge in [0.2, 0.25) is 0 Å². The monoisotopic (exact) mass is 444 g/mol. The van der Waals surface area contributed by atoms with Crippen molar-refractivity contribution in [1.82, 2.24) is 25.3 Å². The maximum Gasteiger partial charge on any atom is 0.259 e. The van der Waals surface area contributed by atoms with Crippen LogP contribution in [-0.4, -0.2) is 45.0 Å². The molecule has 33 heavy (non-hydrogen) atoms. The van der Waals surface area contributed by atoms with E-state index in [1.165, 1.54) is 12.1 Å². The molecule has 0 saturated carbocycles. The second-order valence-corrected chi connectivity index (χ2v) is 8.49. The number of hydrogen-bond acceptors (Lipinski definition) is 5. The van der Waals surface area contributed by atoms with Crippen molar-refractivity contribution in [3.05, 3.63) is 71.8 Å². The van der Waals surface area contributed by atoms with Gasteiger partial charge in [-0.3, -0.25) is 14.4 Å². The Bertz CT molecular complexity index is 1310. The smallest absolute Gasteiger partial charge is 0.259 e. The van der Waals surface area contributed by atoms with Crippen molar-refractivity contribution in [3.8, 4) is 11.3 Å². The van der Waals surface area contributed by atoms with Gasteiger partial charge < -0.3 is 5.32 Å². The summed E-state index contributed by atoms with van der Waals surface area (Å²) < 4.78 is 15.7. The van der Waals surface area contributed by atoms with Crippen molar-refractivity contribution in [2.75, 3.05) is 18.0 Å². The highest BCUT2D eigenvalue weighted by Gasteiger charge is 2.30. The summed E-state index contributed by atoms with van der Waals surface area (Å²) in [6.45, 7) is 3.47. The molecule has 2 aromatic heterocycles. The number of fused-ring (bicyclic) bond motifs is 1. The molecule has 1 saturated heterocycles.